The molecule has 0 N–H and O–H groups in total. The van der Waals surface area contributed by atoms with E-state index in [0.29, 0.717) is 17.7 Å². The van der Waals surface area contributed by atoms with E-state index in [1.165, 1.54) is 0 Å². The second-order valence-corrected chi connectivity index (χ2v) is 11.0. The topological polar surface area (TPSA) is 63.4 Å². The van der Waals surface area contributed by atoms with Gasteiger partial charge in [-0.3, -0.25) is 0 Å². The SMILES string of the molecule is CC1CCN(c2oc(-c3ccc(Br)cc3)nc2S(=O)(=O)c2ccc(Br)cc2)CC1. The number of aromatic nitrogens is 1. The van der Waals surface area contributed by atoms with Gasteiger partial charge in [-0.15, -0.1) is 0 Å². The van der Waals surface area contributed by atoms with E-state index < -0.39 is 9.84 Å². The molecule has 29 heavy (non-hydrogen) atoms. The third-order valence-corrected chi connectivity index (χ3v) is 7.84. The maximum Gasteiger partial charge on any atom is 0.236 e. The van der Waals surface area contributed by atoms with Gasteiger partial charge in [-0.05, 0) is 67.3 Å². The van der Waals surface area contributed by atoms with Gasteiger partial charge in [0.2, 0.25) is 26.6 Å². The first-order chi connectivity index (χ1) is 13.8. The van der Waals surface area contributed by atoms with Crippen LogP contribution >= 0.6 is 31.9 Å². The highest BCUT2D eigenvalue weighted by Gasteiger charge is 2.32. The van der Waals surface area contributed by atoms with Crippen molar-refractivity contribution in [3.63, 3.8) is 0 Å². The lowest BCUT2D eigenvalue weighted by atomic mass is 9.99. The lowest BCUT2D eigenvalue weighted by Crippen LogP contribution is -2.33. The average Bonchev–Trinajstić information content (AvgIpc) is 3.16. The van der Waals surface area contributed by atoms with Crippen molar-refractivity contribution in [2.75, 3.05) is 18.0 Å². The zero-order chi connectivity index (χ0) is 20.6. The zero-order valence-electron chi connectivity index (χ0n) is 15.8. The lowest BCUT2D eigenvalue weighted by molar-refractivity contribution is 0.415. The summed E-state index contributed by atoms with van der Waals surface area (Å²) in [5, 5.41) is -0.0210. The van der Waals surface area contributed by atoms with Crippen LogP contribution in [0.5, 0.6) is 0 Å². The fraction of sp³-hybridized carbons (Fsp3) is 0.286. The molecule has 1 fully saturated rings. The van der Waals surface area contributed by atoms with Gasteiger partial charge in [0.25, 0.3) is 0 Å². The van der Waals surface area contributed by atoms with Crippen LogP contribution in [0.25, 0.3) is 11.5 Å². The minimum Gasteiger partial charge on any atom is -0.419 e. The fourth-order valence-corrected chi connectivity index (χ4v) is 5.18. The normalized spacial score (nSPS) is 15.6. The summed E-state index contributed by atoms with van der Waals surface area (Å²) in [6.07, 6.45) is 1.98. The molecule has 1 aromatic heterocycles. The summed E-state index contributed by atoms with van der Waals surface area (Å²) in [5.74, 6) is 1.26. The number of hydrogen-bond acceptors (Lipinski definition) is 5. The first-order valence-electron chi connectivity index (χ1n) is 9.37. The van der Waals surface area contributed by atoms with Crippen molar-refractivity contribution in [2.24, 2.45) is 5.92 Å². The van der Waals surface area contributed by atoms with E-state index in [1.54, 1.807) is 24.3 Å². The highest BCUT2D eigenvalue weighted by molar-refractivity contribution is 9.10. The predicted molar refractivity (Wildman–Crippen MR) is 120 cm³/mol. The van der Waals surface area contributed by atoms with Gasteiger partial charge >= 0.3 is 0 Å². The summed E-state index contributed by atoms with van der Waals surface area (Å²) in [6.45, 7) is 3.71. The molecule has 1 aliphatic rings. The van der Waals surface area contributed by atoms with E-state index in [2.05, 4.69) is 43.8 Å². The van der Waals surface area contributed by atoms with Gasteiger partial charge in [-0.1, -0.05) is 38.8 Å². The average molecular weight is 540 g/mol. The van der Waals surface area contributed by atoms with Gasteiger partial charge in [0, 0.05) is 27.6 Å². The van der Waals surface area contributed by atoms with E-state index in [1.807, 2.05) is 29.2 Å². The molecule has 2 heterocycles. The molecule has 2 aromatic carbocycles. The van der Waals surface area contributed by atoms with Crippen molar-refractivity contribution in [3.05, 3.63) is 57.5 Å². The molecule has 0 atom stereocenters. The Morgan fingerprint density at radius 1 is 0.966 bits per heavy atom. The zero-order valence-corrected chi connectivity index (χ0v) is 19.8. The minimum atomic E-state index is -3.82. The van der Waals surface area contributed by atoms with E-state index in [9.17, 15) is 8.42 Å². The number of sulfone groups is 1. The van der Waals surface area contributed by atoms with Gasteiger partial charge in [0.05, 0.1) is 4.90 Å². The first kappa shape index (κ1) is 20.6. The van der Waals surface area contributed by atoms with Gasteiger partial charge in [0.15, 0.2) is 0 Å². The molecule has 0 radical (unpaired) electrons. The Bertz CT molecular complexity index is 1100. The van der Waals surface area contributed by atoms with E-state index in [4.69, 9.17) is 4.42 Å². The molecule has 0 unspecified atom stereocenters. The summed E-state index contributed by atoms with van der Waals surface area (Å²) >= 11 is 6.77. The van der Waals surface area contributed by atoms with Crippen molar-refractivity contribution >= 4 is 47.6 Å². The molecule has 3 aromatic rings. The molecule has 0 saturated carbocycles. The highest BCUT2D eigenvalue weighted by atomic mass is 79.9. The molecular weight excluding hydrogens is 520 g/mol. The van der Waals surface area contributed by atoms with Gasteiger partial charge in [-0.25, -0.2) is 8.42 Å². The molecule has 1 saturated heterocycles. The van der Waals surface area contributed by atoms with Crippen molar-refractivity contribution in [2.45, 2.75) is 29.7 Å². The Kier molecular flexibility index (Phi) is 5.86. The highest BCUT2D eigenvalue weighted by Crippen LogP contribution is 2.36. The number of halogens is 2. The molecule has 0 bridgehead atoms. The van der Waals surface area contributed by atoms with Crippen molar-refractivity contribution in [1.29, 1.82) is 0 Å². The number of oxazole rings is 1. The van der Waals surface area contributed by atoms with Crippen molar-refractivity contribution in [3.8, 4) is 11.5 Å². The van der Waals surface area contributed by atoms with E-state index in [-0.39, 0.29) is 9.92 Å². The molecular formula is C21H20Br2N2O3S. The molecule has 152 valence electrons. The number of rotatable bonds is 4. The Morgan fingerprint density at radius 3 is 2.10 bits per heavy atom. The minimum absolute atomic E-state index is 0.0210. The van der Waals surface area contributed by atoms with Crippen molar-refractivity contribution in [1.82, 2.24) is 4.98 Å². The third kappa shape index (κ3) is 4.29. The van der Waals surface area contributed by atoms with Crippen LogP contribution in [-0.4, -0.2) is 26.5 Å². The van der Waals surface area contributed by atoms with Crippen LogP contribution < -0.4 is 4.90 Å². The molecule has 8 heteroatoms. The second-order valence-electron chi connectivity index (χ2n) is 7.26. The second kappa shape index (κ2) is 8.24. The Labute approximate surface area is 187 Å². The van der Waals surface area contributed by atoms with Crippen LogP contribution in [-0.2, 0) is 9.84 Å². The van der Waals surface area contributed by atoms with Crippen LogP contribution in [0.2, 0.25) is 0 Å². The van der Waals surface area contributed by atoms with Gasteiger partial charge in [0.1, 0.15) is 0 Å². The van der Waals surface area contributed by atoms with Crippen molar-refractivity contribution < 1.29 is 12.8 Å². The van der Waals surface area contributed by atoms with Crippen LogP contribution in [0.1, 0.15) is 19.8 Å². The number of anilines is 1. The van der Waals surface area contributed by atoms with E-state index >= 15 is 0 Å². The monoisotopic (exact) mass is 538 g/mol. The molecule has 5 nitrogen and oxygen atoms in total. The van der Waals surface area contributed by atoms with Gasteiger partial charge in [-0.2, -0.15) is 4.98 Å². The summed E-state index contributed by atoms with van der Waals surface area (Å²) in [6, 6.07) is 14.1. The smallest absolute Gasteiger partial charge is 0.236 e. The van der Waals surface area contributed by atoms with Gasteiger partial charge < -0.3 is 9.32 Å². The number of piperidine rings is 1. The maximum absolute atomic E-state index is 13.4. The molecule has 0 aliphatic carbocycles. The number of nitrogens with zero attached hydrogens (tertiary/aromatic N) is 2. The van der Waals surface area contributed by atoms with Crippen LogP contribution in [0, 0.1) is 5.92 Å². The fourth-order valence-electron chi connectivity index (χ4n) is 3.33. The Hall–Kier alpha value is -1.64. The van der Waals surface area contributed by atoms with Crippen LogP contribution in [0.15, 0.2) is 71.8 Å². The molecule has 1 aliphatic heterocycles. The summed E-state index contributed by atoms with van der Waals surface area (Å²) < 4.78 is 34.6. The first-order valence-corrected chi connectivity index (χ1v) is 12.4. The van der Waals surface area contributed by atoms with Crippen LogP contribution in [0.4, 0.5) is 5.88 Å². The molecule has 0 amide bonds. The quantitative estimate of drug-likeness (QED) is 0.410. The molecule has 4 rings (SSSR count). The maximum atomic E-state index is 13.4. The predicted octanol–water partition coefficient (Wildman–Crippen LogP) is 5.94. The summed E-state index contributed by atoms with van der Waals surface area (Å²) in [7, 11) is -3.82. The standard InChI is InChI=1S/C21H20Br2N2O3S/c1-14-10-12-25(13-11-14)21-20(29(26,27)18-8-6-17(23)7-9-18)24-19(28-21)15-2-4-16(22)5-3-15/h2-9,14H,10-13H2,1H3. The number of hydrogen-bond donors (Lipinski definition) is 0. The third-order valence-electron chi connectivity index (χ3n) is 5.12. The Balaban J connectivity index is 1.82. The number of benzene rings is 2. The molecule has 0 spiro atoms. The van der Waals surface area contributed by atoms with Crippen LogP contribution in [0.3, 0.4) is 0 Å². The summed E-state index contributed by atoms with van der Waals surface area (Å²) in [4.78, 5) is 6.65. The Morgan fingerprint density at radius 2 is 1.52 bits per heavy atom. The summed E-state index contributed by atoms with van der Waals surface area (Å²) in [5.41, 5.74) is 0.733. The van der Waals surface area contributed by atoms with E-state index in [0.717, 1.165) is 40.4 Å². The lowest BCUT2D eigenvalue weighted by Gasteiger charge is -2.30. The largest absolute Gasteiger partial charge is 0.419 e.